The molecule has 2 aromatic carbocycles. The van der Waals surface area contributed by atoms with Gasteiger partial charge in [-0.2, -0.15) is 10.3 Å². The van der Waals surface area contributed by atoms with Gasteiger partial charge in [0.1, 0.15) is 35.0 Å². The van der Waals surface area contributed by atoms with Gasteiger partial charge in [0.15, 0.2) is 0 Å². The number of amidine groups is 2. The lowest BCUT2D eigenvalue weighted by molar-refractivity contribution is -0.118. The number of anilines is 1. The summed E-state index contributed by atoms with van der Waals surface area (Å²) in [6.45, 7) is 4.00. The highest BCUT2D eigenvalue weighted by molar-refractivity contribution is 6.39. The number of fused-ring (bicyclic) bond motifs is 1. The second-order valence-corrected chi connectivity index (χ2v) is 6.73. The van der Waals surface area contributed by atoms with Crippen molar-refractivity contribution in [2.24, 2.45) is 15.9 Å². The van der Waals surface area contributed by atoms with Crippen LogP contribution in [-0.2, 0) is 9.59 Å². The van der Waals surface area contributed by atoms with Gasteiger partial charge in [-0.1, -0.05) is 30.3 Å². The molecule has 0 saturated heterocycles. The van der Waals surface area contributed by atoms with Crippen molar-refractivity contribution < 1.29 is 14.3 Å². The maximum absolute atomic E-state index is 13.4. The highest BCUT2D eigenvalue weighted by atomic mass is 16.5. The monoisotopic (exact) mass is 398 g/mol. The number of hydrogen-bond acceptors (Lipinski definition) is 5. The molecule has 0 spiro atoms. The largest absolute Gasteiger partial charge is 0.494 e. The normalized spacial score (nSPS) is 18.4. The molecule has 0 aliphatic carbocycles. The van der Waals surface area contributed by atoms with Gasteiger partial charge in [-0.25, -0.2) is 4.99 Å². The minimum atomic E-state index is -0.935. The van der Waals surface area contributed by atoms with E-state index < -0.39 is 17.7 Å². The van der Waals surface area contributed by atoms with Crippen molar-refractivity contribution >= 4 is 34.7 Å². The highest BCUT2D eigenvalue weighted by Gasteiger charge is 2.45. The summed E-state index contributed by atoms with van der Waals surface area (Å²) in [7, 11) is 0. The summed E-state index contributed by atoms with van der Waals surface area (Å²) in [5.74, 6) is -0.745. The van der Waals surface area contributed by atoms with Crippen LogP contribution >= 0.6 is 0 Å². The van der Waals surface area contributed by atoms with Crippen LogP contribution in [0.3, 0.4) is 0 Å². The minimum absolute atomic E-state index is 0.0952. The Morgan fingerprint density at radius 2 is 1.77 bits per heavy atom. The Kier molecular flexibility index (Phi) is 4.98. The zero-order valence-corrected chi connectivity index (χ0v) is 16.5. The van der Waals surface area contributed by atoms with Gasteiger partial charge < -0.3 is 4.74 Å². The van der Waals surface area contributed by atoms with E-state index in [-0.39, 0.29) is 17.2 Å². The molecule has 0 bridgehead atoms. The predicted octanol–water partition coefficient (Wildman–Crippen LogP) is 3.38. The van der Waals surface area contributed by atoms with Crippen molar-refractivity contribution in [1.82, 2.24) is 0 Å². The molecule has 0 radical (unpaired) electrons. The van der Waals surface area contributed by atoms with Crippen LogP contribution in [0, 0.1) is 17.2 Å². The van der Waals surface area contributed by atoms with E-state index in [1.54, 1.807) is 55.5 Å². The number of carbonyl (C=O) groups excluding carboxylic acids is 2. The molecular formula is C23H18N4O3. The number of nitrogens with zero attached hydrogens (tertiary/aromatic N) is 4. The fourth-order valence-electron chi connectivity index (χ4n) is 3.64. The molecule has 30 heavy (non-hydrogen) atoms. The van der Waals surface area contributed by atoms with Gasteiger partial charge in [-0.05, 0) is 43.7 Å². The van der Waals surface area contributed by atoms with Crippen LogP contribution in [0.1, 0.15) is 19.4 Å². The summed E-state index contributed by atoms with van der Waals surface area (Å²) in [4.78, 5) is 36.1. The van der Waals surface area contributed by atoms with Crippen LogP contribution in [0.2, 0.25) is 0 Å². The van der Waals surface area contributed by atoms with E-state index in [0.29, 0.717) is 29.2 Å². The van der Waals surface area contributed by atoms with Gasteiger partial charge in [-0.3, -0.25) is 14.5 Å². The van der Waals surface area contributed by atoms with Gasteiger partial charge in [0.05, 0.1) is 12.3 Å². The molecule has 0 fully saturated rings. The van der Waals surface area contributed by atoms with Crippen molar-refractivity contribution in [3.63, 3.8) is 0 Å². The van der Waals surface area contributed by atoms with Crippen molar-refractivity contribution in [2.45, 2.75) is 13.8 Å². The van der Waals surface area contributed by atoms with E-state index in [0.717, 1.165) is 0 Å². The maximum atomic E-state index is 13.4. The number of carbonyl (C=O) groups is 2. The molecule has 2 aliphatic rings. The molecule has 4 rings (SSSR count). The molecule has 2 aliphatic heterocycles. The summed E-state index contributed by atoms with van der Waals surface area (Å²) in [5, 5.41) is 9.84. The molecule has 1 unspecified atom stereocenters. The van der Waals surface area contributed by atoms with Gasteiger partial charge >= 0.3 is 0 Å². The third-order valence-electron chi connectivity index (χ3n) is 4.86. The second kappa shape index (κ2) is 7.76. The Bertz CT molecular complexity index is 1160. The van der Waals surface area contributed by atoms with Crippen LogP contribution in [0.4, 0.5) is 5.69 Å². The Morgan fingerprint density at radius 1 is 1.07 bits per heavy atom. The zero-order chi connectivity index (χ0) is 21.3. The molecule has 2 aromatic rings. The van der Waals surface area contributed by atoms with Crippen LogP contribution in [0.15, 0.2) is 70.2 Å². The van der Waals surface area contributed by atoms with Gasteiger partial charge in [0.25, 0.3) is 11.8 Å². The lowest BCUT2D eigenvalue weighted by atomic mass is 9.82. The SMILES string of the molecule is CCOc1ccc(N2C(=O)C(C#N)=C(c3ccccc3)C3C(=O)N=C(C)N=C32)cc1. The molecule has 148 valence electrons. The Morgan fingerprint density at radius 3 is 2.40 bits per heavy atom. The fourth-order valence-corrected chi connectivity index (χ4v) is 3.64. The minimum Gasteiger partial charge on any atom is -0.494 e. The predicted molar refractivity (Wildman–Crippen MR) is 113 cm³/mol. The maximum Gasteiger partial charge on any atom is 0.274 e. The first-order chi connectivity index (χ1) is 14.5. The van der Waals surface area contributed by atoms with Gasteiger partial charge in [0.2, 0.25) is 0 Å². The molecule has 2 heterocycles. The summed E-state index contributed by atoms with van der Waals surface area (Å²) >= 11 is 0. The van der Waals surface area contributed by atoms with E-state index in [2.05, 4.69) is 9.98 Å². The van der Waals surface area contributed by atoms with Crippen LogP contribution in [-0.4, -0.2) is 30.1 Å². The number of ether oxygens (including phenoxy) is 1. The lowest BCUT2D eigenvalue weighted by Gasteiger charge is -2.35. The number of amides is 2. The fraction of sp³-hybridized carbons (Fsp3) is 0.174. The van der Waals surface area contributed by atoms with Crippen molar-refractivity contribution in [2.75, 3.05) is 11.5 Å². The first-order valence-electron chi connectivity index (χ1n) is 9.50. The molecule has 1 atom stereocenters. The van der Waals surface area contributed by atoms with Crippen LogP contribution < -0.4 is 9.64 Å². The van der Waals surface area contributed by atoms with Crippen LogP contribution in [0.5, 0.6) is 5.75 Å². The first-order valence-corrected chi connectivity index (χ1v) is 9.50. The van der Waals surface area contributed by atoms with E-state index >= 15 is 0 Å². The van der Waals surface area contributed by atoms with Gasteiger partial charge in [0, 0.05) is 5.57 Å². The molecule has 0 saturated carbocycles. The smallest absolute Gasteiger partial charge is 0.274 e. The third kappa shape index (κ3) is 3.18. The van der Waals surface area contributed by atoms with Gasteiger partial charge in [-0.15, -0.1) is 0 Å². The average Bonchev–Trinajstić information content (AvgIpc) is 2.74. The van der Waals surface area contributed by atoms with E-state index in [1.807, 2.05) is 19.1 Å². The Balaban J connectivity index is 1.92. The van der Waals surface area contributed by atoms with Crippen molar-refractivity contribution in [3.05, 3.63) is 65.7 Å². The number of rotatable bonds is 4. The summed E-state index contributed by atoms with van der Waals surface area (Å²) in [5.41, 5.74) is 1.36. The van der Waals surface area contributed by atoms with E-state index in [4.69, 9.17) is 4.74 Å². The van der Waals surface area contributed by atoms with E-state index in [1.165, 1.54) is 4.90 Å². The van der Waals surface area contributed by atoms with Crippen LogP contribution in [0.25, 0.3) is 5.57 Å². The quantitative estimate of drug-likeness (QED) is 0.789. The molecular weight excluding hydrogens is 380 g/mol. The number of aliphatic imine (C=N–C) groups is 2. The molecule has 0 N–H and O–H groups in total. The van der Waals surface area contributed by atoms with Crippen molar-refractivity contribution in [1.29, 1.82) is 5.26 Å². The number of hydrogen-bond donors (Lipinski definition) is 0. The topological polar surface area (TPSA) is 95.1 Å². The summed E-state index contributed by atoms with van der Waals surface area (Å²) in [6, 6.07) is 17.8. The number of nitriles is 1. The Hall–Kier alpha value is -4.05. The molecule has 0 aromatic heterocycles. The number of benzene rings is 2. The summed E-state index contributed by atoms with van der Waals surface area (Å²) in [6.07, 6.45) is 0. The first kappa shape index (κ1) is 19.3. The molecule has 7 heteroatoms. The summed E-state index contributed by atoms with van der Waals surface area (Å²) < 4.78 is 5.46. The Labute approximate surface area is 173 Å². The molecule has 7 nitrogen and oxygen atoms in total. The molecule has 2 amide bonds. The van der Waals surface area contributed by atoms with E-state index in [9.17, 15) is 14.9 Å². The second-order valence-electron chi connectivity index (χ2n) is 6.73. The standard InChI is InChI=1S/C23H18N4O3/c1-3-30-17-11-9-16(10-12-17)27-21-20(22(28)26-14(2)25-21)19(18(13-24)23(27)29)15-7-5-4-6-8-15/h4-12,20H,3H2,1-2H3. The third-order valence-corrected chi connectivity index (χ3v) is 4.86. The van der Waals surface area contributed by atoms with Crippen molar-refractivity contribution in [3.8, 4) is 11.8 Å². The average molecular weight is 398 g/mol. The lowest BCUT2D eigenvalue weighted by Crippen LogP contribution is -2.50. The zero-order valence-electron chi connectivity index (χ0n) is 16.5. The highest BCUT2D eigenvalue weighted by Crippen LogP contribution is 2.38.